The van der Waals surface area contributed by atoms with Crippen molar-refractivity contribution in [3.63, 3.8) is 0 Å². The molecule has 0 radical (unpaired) electrons. The van der Waals surface area contributed by atoms with Crippen LogP contribution in [0.15, 0.2) is 0 Å². The lowest BCUT2D eigenvalue weighted by Crippen LogP contribution is -1.99. The molecule has 13 heavy (non-hydrogen) atoms. The second kappa shape index (κ2) is 22.5. The first-order valence-corrected chi connectivity index (χ1v) is 4.37. The van der Waals surface area contributed by atoms with Crippen molar-refractivity contribution in [3.8, 4) is 0 Å². The molecule has 0 saturated heterocycles. The molecule has 0 spiro atoms. The van der Waals surface area contributed by atoms with Gasteiger partial charge in [0, 0.05) is 20.6 Å². The van der Waals surface area contributed by atoms with E-state index in [1.807, 2.05) is 0 Å². The first-order valence-electron chi connectivity index (χ1n) is 4.37. The van der Waals surface area contributed by atoms with Crippen molar-refractivity contribution in [2.45, 2.75) is 33.6 Å². The van der Waals surface area contributed by atoms with Gasteiger partial charge in [0.15, 0.2) is 0 Å². The molecule has 0 aromatic heterocycles. The van der Waals surface area contributed by atoms with E-state index in [1.165, 1.54) is 6.92 Å². The van der Waals surface area contributed by atoms with Gasteiger partial charge in [-0.25, -0.2) is 0 Å². The summed E-state index contributed by atoms with van der Waals surface area (Å²) in [6.45, 7) is 5.99. The fourth-order valence-electron chi connectivity index (χ4n) is 0.360. The van der Waals surface area contributed by atoms with Crippen molar-refractivity contribution in [2.24, 2.45) is 0 Å². The lowest BCUT2D eigenvalue weighted by Gasteiger charge is -1.96. The summed E-state index contributed by atoms with van der Waals surface area (Å²) >= 11 is 0. The van der Waals surface area contributed by atoms with Gasteiger partial charge < -0.3 is 14.9 Å². The summed E-state index contributed by atoms with van der Waals surface area (Å²) in [6, 6.07) is 0. The van der Waals surface area contributed by atoms with E-state index >= 15 is 0 Å². The van der Waals surface area contributed by atoms with Crippen LogP contribution in [0, 0.1) is 0 Å². The minimum atomic E-state index is -0.182. The summed E-state index contributed by atoms with van der Waals surface area (Å²) in [6.07, 6.45) is 2.05. The average Bonchev–Trinajstić information content (AvgIpc) is 2.09. The topological polar surface area (TPSA) is 66.8 Å². The van der Waals surface area contributed by atoms with Crippen LogP contribution in [0.1, 0.15) is 33.6 Å². The summed E-state index contributed by atoms with van der Waals surface area (Å²) in [4.78, 5) is 10.1. The van der Waals surface area contributed by atoms with Gasteiger partial charge in [-0.05, 0) is 13.3 Å². The fraction of sp³-hybridized carbons (Fsp3) is 0.889. The van der Waals surface area contributed by atoms with Gasteiger partial charge in [0.1, 0.15) is 0 Å². The fourth-order valence-corrected chi connectivity index (χ4v) is 0.360. The number of hydrogen-bond acceptors (Lipinski definition) is 4. The number of esters is 1. The molecule has 2 N–H and O–H groups in total. The molecular formula is C9H22O4. The molecule has 0 aliphatic carbocycles. The number of rotatable bonds is 3. The lowest BCUT2D eigenvalue weighted by molar-refractivity contribution is -0.141. The third-order valence-corrected chi connectivity index (χ3v) is 0.803. The van der Waals surface area contributed by atoms with Crippen LogP contribution in [0.5, 0.6) is 0 Å². The Bertz CT molecular complexity index is 83.7. The van der Waals surface area contributed by atoms with E-state index in [0.717, 1.165) is 20.0 Å². The summed E-state index contributed by atoms with van der Waals surface area (Å²) < 4.78 is 4.64. The minimum Gasteiger partial charge on any atom is -0.466 e. The smallest absolute Gasteiger partial charge is 0.302 e. The number of carbonyl (C=O) groups excluding carboxylic acids is 1. The van der Waals surface area contributed by atoms with Gasteiger partial charge in [0.2, 0.25) is 0 Å². The Hall–Kier alpha value is -0.610. The Balaban J connectivity index is -0.000000169. The Morgan fingerprint density at radius 1 is 1.31 bits per heavy atom. The highest BCUT2D eigenvalue weighted by atomic mass is 16.5. The normalized spacial score (nSPS) is 7.23. The predicted molar refractivity (Wildman–Crippen MR) is 52.4 cm³/mol. The van der Waals surface area contributed by atoms with Crippen molar-refractivity contribution < 1.29 is 19.7 Å². The number of unbranched alkanes of at least 4 members (excludes halogenated alkanes) is 1. The molecule has 0 atom stereocenters. The van der Waals surface area contributed by atoms with Gasteiger partial charge in [-0.15, -0.1) is 0 Å². The summed E-state index contributed by atoms with van der Waals surface area (Å²) in [7, 11) is 1.00. The van der Waals surface area contributed by atoms with E-state index in [2.05, 4.69) is 11.7 Å². The highest BCUT2D eigenvalue weighted by Gasteiger charge is 1.88. The van der Waals surface area contributed by atoms with Crippen LogP contribution in [-0.4, -0.2) is 36.5 Å². The number of hydrogen-bond donors (Lipinski definition) is 2. The maximum Gasteiger partial charge on any atom is 0.302 e. The Morgan fingerprint density at radius 2 is 1.69 bits per heavy atom. The Labute approximate surface area is 80.5 Å². The van der Waals surface area contributed by atoms with Gasteiger partial charge in [0.25, 0.3) is 0 Å². The van der Waals surface area contributed by atoms with Crippen molar-refractivity contribution in [2.75, 3.05) is 20.3 Å². The first-order chi connectivity index (χ1) is 6.18. The highest BCUT2D eigenvalue weighted by molar-refractivity contribution is 5.65. The van der Waals surface area contributed by atoms with Crippen molar-refractivity contribution in [3.05, 3.63) is 0 Å². The number of aliphatic hydroxyl groups excluding tert-OH is 2. The predicted octanol–water partition coefficient (Wildman–Crippen LogP) is 0.957. The molecule has 4 nitrogen and oxygen atoms in total. The van der Waals surface area contributed by atoms with Gasteiger partial charge in [-0.2, -0.15) is 0 Å². The van der Waals surface area contributed by atoms with E-state index in [-0.39, 0.29) is 12.6 Å². The Morgan fingerprint density at radius 3 is 1.92 bits per heavy atom. The molecule has 0 heterocycles. The Kier molecular flexibility index (Phi) is 31.6. The molecule has 4 heteroatoms. The van der Waals surface area contributed by atoms with E-state index in [9.17, 15) is 4.79 Å². The molecule has 0 saturated carbocycles. The zero-order valence-electron chi connectivity index (χ0n) is 9.04. The van der Waals surface area contributed by atoms with Gasteiger partial charge in [0.05, 0.1) is 6.61 Å². The van der Waals surface area contributed by atoms with E-state index in [1.54, 1.807) is 6.92 Å². The zero-order valence-corrected chi connectivity index (χ0v) is 9.04. The van der Waals surface area contributed by atoms with Crippen molar-refractivity contribution >= 4 is 5.97 Å². The number of aliphatic hydroxyl groups is 2. The van der Waals surface area contributed by atoms with Crippen LogP contribution in [0.2, 0.25) is 0 Å². The van der Waals surface area contributed by atoms with E-state index in [4.69, 9.17) is 10.2 Å². The van der Waals surface area contributed by atoms with Crippen molar-refractivity contribution in [1.82, 2.24) is 0 Å². The monoisotopic (exact) mass is 194 g/mol. The van der Waals surface area contributed by atoms with Gasteiger partial charge >= 0.3 is 5.97 Å². The van der Waals surface area contributed by atoms with Crippen LogP contribution in [0.25, 0.3) is 0 Å². The largest absolute Gasteiger partial charge is 0.466 e. The van der Waals surface area contributed by atoms with Crippen LogP contribution < -0.4 is 0 Å². The lowest BCUT2D eigenvalue weighted by atomic mass is 10.4. The molecule has 0 unspecified atom stereocenters. The zero-order chi connectivity index (χ0) is 11.1. The SMILES string of the molecule is CCCCOC(C)=O.CCO.CO. The first kappa shape index (κ1) is 18.2. The molecule has 0 aromatic carbocycles. The summed E-state index contributed by atoms with van der Waals surface area (Å²) in [5, 5.41) is 14.6. The van der Waals surface area contributed by atoms with Gasteiger partial charge in [-0.1, -0.05) is 13.3 Å². The highest BCUT2D eigenvalue weighted by Crippen LogP contribution is 1.86. The molecule has 82 valence electrons. The van der Waals surface area contributed by atoms with Crippen LogP contribution >= 0.6 is 0 Å². The van der Waals surface area contributed by atoms with E-state index in [0.29, 0.717) is 6.61 Å². The second-order valence-corrected chi connectivity index (χ2v) is 2.01. The molecule has 0 aliphatic heterocycles. The summed E-state index contributed by atoms with van der Waals surface area (Å²) in [5.41, 5.74) is 0. The van der Waals surface area contributed by atoms with Crippen LogP contribution in [0.4, 0.5) is 0 Å². The molecule has 0 rings (SSSR count). The minimum absolute atomic E-state index is 0.182. The molecular weight excluding hydrogens is 172 g/mol. The van der Waals surface area contributed by atoms with Gasteiger partial charge in [-0.3, -0.25) is 4.79 Å². The van der Waals surface area contributed by atoms with Crippen molar-refractivity contribution in [1.29, 1.82) is 0 Å². The molecule has 0 aromatic rings. The molecule has 0 aliphatic rings. The standard InChI is InChI=1S/C6H12O2.C2H6O.CH4O/c1-3-4-5-8-6(2)7;1-2-3;1-2/h3-5H2,1-2H3;3H,2H2,1H3;2H,1H3. The summed E-state index contributed by atoms with van der Waals surface area (Å²) in [5.74, 6) is -0.182. The third-order valence-electron chi connectivity index (χ3n) is 0.803. The second-order valence-electron chi connectivity index (χ2n) is 2.01. The quantitative estimate of drug-likeness (QED) is 0.518. The van der Waals surface area contributed by atoms with Crippen LogP contribution in [-0.2, 0) is 9.53 Å². The number of ether oxygens (including phenoxy) is 1. The van der Waals surface area contributed by atoms with Crippen LogP contribution in [0.3, 0.4) is 0 Å². The average molecular weight is 194 g/mol. The van der Waals surface area contributed by atoms with E-state index < -0.39 is 0 Å². The maximum atomic E-state index is 10.1. The third kappa shape index (κ3) is 52.1. The molecule has 0 fully saturated rings. The maximum absolute atomic E-state index is 10.1. The molecule has 0 amide bonds. The molecule has 0 bridgehead atoms. The number of carbonyl (C=O) groups is 1.